The molecule has 1 aromatic carbocycles. The van der Waals surface area contributed by atoms with Crippen LogP contribution in [-0.2, 0) is 0 Å². The predicted molar refractivity (Wildman–Crippen MR) is 67.6 cm³/mol. The number of nitrogen functional groups attached to an aromatic ring is 1. The SMILES string of the molecule is CC1CCC(Oc2cc(C#N)ccc2N)CC1. The molecule has 2 rings (SSSR count). The fraction of sp³-hybridized carbons (Fsp3) is 0.500. The van der Waals surface area contributed by atoms with Crippen LogP contribution in [0.1, 0.15) is 38.2 Å². The number of benzene rings is 1. The van der Waals surface area contributed by atoms with Gasteiger partial charge in [0.15, 0.2) is 0 Å². The Bertz CT molecular complexity index is 428. The van der Waals surface area contributed by atoms with Gasteiger partial charge in [-0.25, -0.2) is 0 Å². The van der Waals surface area contributed by atoms with Gasteiger partial charge in [-0.3, -0.25) is 0 Å². The molecule has 1 fully saturated rings. The van der Waals surface area contributed by atoms with Gasteiger partial charge in [0.1, 0.15) is 5.75 Å². The van der Waals surface area contributed by atoms with Crippen molar-refractivity contribution in [2.75, 3.05) is 5.73 Å². The van der Waals surface area contributed by atoms with Crippen LogP contribution < -0.4 is 10.5 Å². The Morgan fingerprint density at radius 3 is 2.65 bits per heavy atom. The van der Waals surface area contributed by atoms with Crippen molar-refractivity contribution < 1.29 is 4.74 Å². The number of hydrogen-bond acceptors (Lipinski definition) is 3. The third kappa shape index (κ3) is 2.91. The summed E-state index contributed by atoms with van der Waals surface area (Å²) >= 11 is 0. The molecule has 0 unspecified atom stereocenters. The molecule has 1 aliphatic carbocycles. The number of nitrogens with zero attached hydrogens (tertiary/aromatic N) is 1. The van der Waals surface area contributed by atoms with E-state index < -0.39 is 0 Å². The quantitative estimate of drug-likeness (QED) is 0.794. The second-order valence-electron chi connectivity index (χ2n) is 4.86. The van der Waals surface area contributed by atoms with Crippen LogP contribution >= 0.6 is 0 Å². The first-order valence-electron chi connectivity index (χ1n) is 6.15. The molecule has 17 heavy (non-hydrogen) atoms. The number of nitriles is 1. The van der Waals surface area contributed by atoms with Crippen molar-refractivity contribution >= 4 is 5.69 Å². The molecule has 1 aliphatic rings. The first-order chi connectivity index (χ1) is 8.19. The van der Waals surface area contributed by atoms with Crippen molar-refractivity contribution in [2.24, 2.45) is 5.92 Å². The monoisotopic (exact) mass is 230 g/mol. The lowest BCUT2D eigenvalue weighted by molar-refractivity contribution is 0.136. The van der Waals surface area contributed by atoms with Gasteiger partial charge in [0.05, 0.1) is 23.4 Å². The Labute approximate surface area is 102 Å². The van der Waals surface area contributed by atoms with Crippen molar-refractivity contribution in [1.29, 1.82) is 5.26 Å². The van der Waals surface area contributed by atoms with Crippen molar-refractivity contribution in [1.82, 2.24) is 0 Å². The molecular formula is C14H18N2O. The van der Waals surface area contributed by atoms with Gasteiger partial charge in [0.25, 0.3) is 0 Å². The third-order valence-corrected chi connectivity index (χ3v) is 3.40. The van der Waals surface area contributed by atoms with Crippen molar-refractivity contribution in [3.05, 3.63) is 23.8 Å². The average molecular weight is 230 g/mol. The molecule has 0 bridgehead atoms. The van der Waals surface area contributed by atoms with E-state index >= 15 is 0 Å². The molecule has 0 amide bonds. The zero-order valence-electron chi connectivity index (χ0n) is 10.1. The van der Waals surface area contributed by atoms with Gasteiger partial charge >= 0.3 is 0 Å². The molecule has 0 radical (unpaired) electrons. The lowest BCUT2D eigenvalue weighted by atomic mass is 9.89. The highest BCUT2D eigenvalue weighted by atomic mass is 16.5. The predicted octanol–water partition coefficient (Wildman–Crippen LogP) is 3.10. The number of rotatable bonds is 2. The fourth-order valence-electron chi connectivity index (χ4n) is 2.23. The summed E-state index contributed by atoms with van der Waals surface area (Å²) in [4.78, 5) is 0. The number of hydrogen-bond donors (Lipinski definition) is 1. The minimum atomic E-state index is 0.252. The maximum absolute atomic E-state index is 8.85. The largest absolute Gasteiger partial charge is 0.488 e. The van der Waals surface area contributed by atoms with Crippen LogP contribution in [-0.4, -0.2) is 6.10 Å². The van der Waals surface area contributed by atoms with Gasteiger partial charge in [-0.1, -0.05) is 6.92 Å². The number of anilines is 1. The van der Waals surface area contributed by atoms with Gasteiger partial charge < -0.3 is 10.5 Å². The smallest absolute Gasteiger partial charge is 0.143 e. The van der Waals surface area contributed by atoms with Crippen LogP contribution in [0.5, 0.6) is 5.75 Å². The first-order valence-corrected chi connectivity index (χ1v) is 6.15. The molecule has 0 aliphatic heterocycles. The molecule has 90 valence electrons. The van der Waals surface area contributed by atoms with Crippen LogP contribution in [0.2, 0.25) is 0 Å². The maximum Gasteiger partial charge on any atom is 0.143 e. The summed E-state index contributed by atoms with van der Waals surface area (Å²) in [5.74, 6) is 1.46. The zero-order chi connectivity index (χ0) is 12.3. The summed E-state index contributed by atoms with van der Waals surface area (Å²) < 4.78 is 5.90. The second-order valence-corrected chi connectivity index (χ2v) is 4.86. The minimum Gasteiger partial charge on any atom is -0.488 e. The Balaban J connectivity index is 2.05. The summed E-state index contributed by atoms with van der Waals surface area (Å²) in [5, 5.41) is 8.85. The molecule has 1 saturated carbocycles. The summed E-state index contributed by atoms with van der Waals surface area (Å²) in [7, 11) is 0. The normalized spacial score (nSPS) is 24.0. The van der Waals surface area contributed by atoms with E-state index in [2.05, 4.69) is 13.0 Å². The van der Waals surface area contributed by atoms with Crippen molar-refractivity contribution in [3.8, 4) is 11.8 Å². The first kappa shape index (κ1) is 11.8. The van der Waals surface area contributed by atoms with E-state index in [1.165, 1.54) is 12.8 Å². The molecule has 0 saturated heterocycles. The third-order valence-electron chi connectivity index (χ3n) is 3.40. The van der Waals surface area contributed by atoms with Gasteiger partial charge in [0.2, 0.25) is 0 Å². The van der Waals surface area contributed by atoms with Gasteiger partial charge in [0, 0.05) is 6.07 Å². The zero-order valence-corrected chi connectivity index (χ0v) is 10.1. The highest BCUT2D eigenvalue weighted by Gasteiger charge is 2.20. The average Bonchev–Trinajstić information content (AvgIpc) is 2.35. The van der Waals surface area contributed by atoms with Crippen LogP contribution in [0.25, 0.3) is 0 Å². The molecule has 2 N–H and O–H groups in total. The Morgan fingerprint density at radius 2 is 2.00 bits per heavy atom. The molecule has 0 atom stereocenters. The van der Waals surface area contributed by atoms with Gasteiger partial charge in [-0.05, 0) is 43.7 Å². The highest BCUT2D eigenvalue weighted by molar-refractivity contribution is 5.56. The summed E-state index contributed by atoms with van der Waals surface area (Å²) in [5.41, 5.74) is 7.06. The number of ether oxygens (including phenoxy) is 1. The van der Waals surface area contributed by atoms with Gasteiger partial charge in [-0.15, -0.1) is 0 Å². The van der Waals surface area contributed by atoms with Crippen LogP contribution in [0.3, 0.4) is 0 Å². The Kier molecular flexibility index (Phi) is 3.53. The molecular weight excluding hydrogens is 212 g/mol. The van der Waals surface area contributed by atoms with E-state index in [0.29, 0.717) is 17.0 Å². The maximum atomic E-state index is 8.85. The van der Waals surface area contributed by atoms with Crippen molar-refractivity contribution in [3.63, 3.8) is 0 Å². The van der Waals surface area contributed by atoms with Gasteiger partial charge in [-0.2, -0.15) is 5.26 Å². The van der Waals surface area contributed by atoms with E-state index in [1.54, 1.807) is 18.2 Å². The molecule has 1 aromatic rings. The minimum absolute atomic E-state index is 0.252. The lowest BCUT2D eigenvalue weighted by Crippen LogP contribution is -2.23. The Morgan fingerprint density at radius 1 is 1.29 bits per heavy atom. The van der Waals surface area contributed by atoms with Crippen LogP contribution in [0.4, 0.5) is 5.69 Å². The summed E-state index contributed by atoms with van der Waals surface area (Å²) in [6, 6.07) is 7.28. The summed E-state index contributed by atoms with van der Waals surface area (Å²) in [6.07, 6.45) is 4.84. The fourth-order valence-corrected chi connectivity index (χ4v) is 2.23. The molecule has 0 spiro atoms. The summed E-state index contributed by atoms with van der Waals surface area (Å²) in [6.45, 7) is 2.28. The lowest BCUT2D eigenvalue weighted by Gasteiger charge is -2.27. The van der Waals surface area contributed by atoms with E-state index in [-0.39, 0.29) is 6.10 Å². The van der Waals surface area contributed by atoms with E-state index in [9.17, 15) is 0 Å². The Hall–Kier alpha value is -1.69. The van der Waals surface area contributed by atoms with Crippen LogP contribution in [0.15, 0.2) is 18.2 Å². The second kappa shape index (κ2) is 5.09. The molecule has 0 heterocycles. The van der Waals surface area contributed by atoms with E-state index in [1.807, 2.05) is 0 Å². The van der Waals surface area contributed by atoms with Crippen molar-refractivity contribution in [2.45, 2.75) is 38.7 Å². The van der Waals surface area contributed by atoms with E-state index in [4.69, 9.17) is 15.7 Å². The van der Waals surface area contributed by atoms with Crippen LogP contribution in [0, 0.1) is 17.2 Å². The topological polar surface area (TPSA) is 59.0 Å². The number of nitrogens with two attached hydrogens (primary N) is 1. The standard InChI is InChI=1S/C14H18N2O/c1-10-2-5-12(6-3-10)17-14-8-11(9-15)4-7-13(14)16/h4,7-8,10,12H,2-3,5-6,16H2,1H3. The molecule has 0 aromatic heterocycles. The van der Waals surface area contributed by atoms with E-state index in [0.717, 1.165) is 18.8 Å². The molecule has 3 heteroatoms. The highest BCUT2D eigenvalue weighted by Crippen LogP contribution is 2.30. The molecule has 3 nitrogen and oxygen atoms in total.